The maximum Gasteiger partial charge on any atom is 0.308 e. The Bertz CT molecular complexity index is 2010. The second-order valence-corrected chi connectivity index (χ2v) is 20.0. The van der Waals surface area contributed by atoms with Crippen molar-refractivity contribution in [1.29, 1.82) is 0 Å². The van der Waals surface area contributed by atoms with Crippen molar-refractivity contribution in [3.8, 4) is 0 Å². The molecule has 3 aliphatic heterocycles. The highest BCUT2D eigenvalue weighted by Crippen LogP contribution is 2.39. The van der Waals surface area contributed by atoms with Crippen LogP contribution in [-0.2, 0) is 35.0 Å². The number of allylic oxidation sites excluding steroid dienone is 12. The van der Waals surface area contributed by atoms with Gasteiger partial charge in [0.2, 0.25) is 0 Å². The molecule has 19 atom stereocenters. The second-order valence-electron chi connectivity index (χ2n) is 20.0. The van der Waals surface area contributed by atoms with Gasteiger partial charge in [0.15, 0.2) is 18.4 Å². The lowest BCUT2D eigenvalue weighted by atomic mass is 9.79. The zero-order valence-corrected chi connectivity index (χ0v) is 42.7. The second kappa shape index (κ2) is 31.9. The van der Waals surface area contributed by atoms with Crippen molar-refractivity contribution >= 4 is 11.8 Å². The Kier molecular flexibility index (Phi) is 26.9. The van der Waals surface area contributed by atoms with E-state index in [4.69, 9.17) is 24.7 Å². The summed E-state index contributed by atoms with van der Waals surface area (Å²) in [7, 11) is 0. The fraction of sp³-hybridized carbons (Fsp3) is 0.648. The predicted octanol–water partition coefficient (Wildman–Crippen LogP) is 1.65. The molecule has 416 valence electrons. The number of aryl methyl sites for hydroxylation is 1. The number of carbonyl (C=O) groups is 2. The summed E-state index contributed by atoms with van der Waals surface area (Å²) in [6, 6.07) is -1.37. The number of cyclic esters (lactones) is 1. The molecule has 4 heterocycles. The van der Waals surface area contributed by atoms with Gasteiger partial charge in [-0.25, -0.2) is 4.98 Å². The summed E-state index contributed by atoms with van der Waals surface area (Å²) in [6.07, 6.45) is 8.44. The van der Waals surface area contributed by atoms with Crippen LogP contribution in [0.1, 0.15) is 104 Å². The molecule has 0 aromatic carbocycles. The first-order valence-electron chi connectivity index (χ1n) is 25.8. The van der Waals surface area contributed by atoms with Crippen LogP contribution in [0.2, 0.25) is 0 Å². The lowest BCUT2D eigenvalue weighted by Gasteiger charge is -2.46. The van der Waals surface area contributed by atoms with Crippen LogP contribution in [0.25, 0.3) is 0 Å². The van der Waals surface area contributed by atoms with E-state index in [1.807, 2.05) is 31.2 Å². The van der Waals surface area contributed by atoms with Crippen LogP contribution in [0.5, 0.6) is 0 Å². The van der Waals surface area contributed by atoms with Crippen LogP contribution < -0.4 is 5.73 Å². The third-order valence-electron chi connectivity index (χ3n) is 13.8. The molecule has 0 spiro atoms. The molecule has 0 amide bonds. The fourth-order valence-electron chi connectivity index (χ4n) is 9.25. The Hall–Kier alpha value is -4.07. The number of esters is 1. The Morgan fingerprint density at radius 1 is 0.730 bits per heavy atom. The van der Waals surface area contributed by atoms with Crippen molar-refractivity contribution in [3.63, 3.8) is 0 Å². The van der Waals surface area contributed by atoms with E-state index >= 15 is 0 Å². The highest BCUT2D eigenvalue weighted by Gasteiger charge is 2.50. The van der Waals surface area contributed by atoms with Gasteiger partial charge in [-0.15, -0.1) is 0 Å². The highest BCUT2D eigenvalue weighted by molar-refractivity contribution is 5.82. The van der Waals surface area contributed by atoms with E-state index in [0.29, 0.717) is 19.3 Å². The zero-order chi connectivity index (χ0) is 54.4. The number of ketones is 1. The summed E-state index contributed by atoms with van der Waals surface area (Å²) in [5.41, 5.74) is 6.86. The number of imidazole rings is 1. The number of nitrogens with zero attached hydrogens (tertiary/aromatic N) is 1. The largest absolute Gasteiger partial charge is 0.462 e. The first kappa shape index (κ1) is 62.5. The molecular formula is C54H83N3O17. The van der Waals surface area contributed by atoms with Crippen LogP contribution in [0.15, 0.2) is 97.6 Å². The number of aliphatic hydroxyl groups excluding tert-OH is 10. The smallest absolute Gasteiger partial charge is 0.308 e. The number of hydrogen-bond acceptors (Lipinski definition) is 19. The molecule has 1 aromatic heterocycles. The van der Waals surface area contributed by atoms with Gasteiger partial charge in [-0.3, -0.25) is 9.59 Å². The quantitative estimate of drug-likeness (QED) is 0.124. The maximum atomic E-state index is 14.0. The van der Waals surface area contributed by atoms with Crippen LogP contribution in [0.3, 0.4) is 0 Å². The molecule has 2 bridgehead atoms. The van der Waals surface area contributed by atoms with E-state index in [1.165, 1.54) is 0 Å². The van der Waals surface area contributed by atoms with Crippen LogP contribution in [-0.4, -0.2) is 176 Å². The van der Waals surface area contributed by atoms with E-state index in [9.17, 15) is 65.8 Å². The standard InChI is InChI=1S/C54H83N3O17/c1-33-19-15-12-10-8-6-4-5-7-9-11-13-17-21-40(72-53-51(68)48(55)50(67)52(69)73-53)28-45-47(42(62)22-18-14-16-20-36-31-56-32-57-36)44(64)30-54(70,74-45)29-39(60)26-43(63)41(61)24-23-37(58)25-38(59)27-46(65)71-35(3)34(2)49(33)66/h4-13,15,17,19,21,31-35,37-41,43-45,47-53,58-61,63-64,66-70H,14,16,18,20,22-30,55H2,1-3H3,(H,56,57)/b5-4+,8-6+,9-7+,12-10+,13-11+,19-15+,21-17+/t33-,34-,35-,37+,38+,39-,40-,41+,43+,44-,45-,47+,48-,49+,50-,51-,52-,53?,54+/m0/s1. The number of rotatable bonds is 9. The van der Waals surface area contributed by atoms with Crippen LogP contribution in [0, 0.1) is 17.8 Å². The molecule has 0 saturated carbocycles. The van der Waals surface area contributed by atoms with Crippen molar-refractivity contribution in [2.24, 2.45) is 23.5 Å². The number of nitrogens with two attached hydrogens (primary N) is 1. The summed E-state index contributed by atoms with van der Waals surface area (Å²) in [4.78, 5) is 33.9. The minimum atomic E-state index is -2.29. The number of aromatic nitrogens is 2. The molecule has 74 heavy (non-hydrogen) atoms. The number of hydrogen-bond donors (Lipinski definition) is 13. The van der Waals surface area contributed by atoms with Crippen LogP contribution >= 0.6 is 0 Å². The summed E-state index contributed by atoms with van der Waals surface area (Å²) in [6.45, 7) is 5.23. The Balaban J connectivity index is 1.59. The normalized spacial score (nSPS) is 41.4. The molecule has 1 aromatic rings. The van der Waals surface area contributed by atoms with E-state index in [2.05, 4.69) is 9.97 Å². The van der Waals surface area contributed by atoms with E-state index in [0.717, 1.165) is 12.1 Å². The molecule has 3 aliphatic rings. The number of nitrogens with one attached hydrogen (secondary N) is 1. The Morgan fingerprint density at radius 3 is 2.00 bits per heavy atom. The van der Waals surface area contributed by atoms with Gasteiger partial charge >= 0.3 is 5.97 Å². The van der Waals surface area contributed by atoms with Crippen molar-refractivity contribution < 1.29 is 84.7 Å². The predicted molar refractivity (Wildman–Crippen MR) is 272 cm³/mol. The summed E-state index contributed by atoms with van der Waals surface area (Å²) >= 11 is 0. The molecule has 20 heteroatoms. The van der Waals surface area contributed by atoms with Crippen molar-refractivity contribution in [3.05, 3.63) is 103 Å². The average molecular weight is 1050 g/mol. The van der Waals surface area contributed by atoms with Gasteiger partial charge in [-0.1, -0.05) is 105 Å². The van der Waals surface area contributed by atoms with E-state index < -0.39 is 141 Å². The Labute approximate surface area is 433 Å². The van der Waals surface area contributed by atoms with Gasteiger partial charge in [0.25, 0.3) is 0 Å². The molecule has 2 saturated heterocycles. The molecule has 20 nitrogen and oxygen atoms in total. The SMILES string of the molecule is C[C@@H]1[C@H](O)[C@@H](C)/C=C/C=C/C=C/C=C/C=C/C=C/C=C/[C@H](OC2O[C@H](O)[C@@H](O)[C@H](N)[C@@H]2O)C[C@@H]2O[C@](O)(C[C@@H](O)C[C@@H](O)[C@H](O)CC[C@@H](O)C[C@@H](O)CC(=O)O[C@H]1C)C[C@H](O)[C@H]2C(=O)CCCCCc1c[nH]cn1. The highest BCUT2D eigenvalue weighted by atomic mass is 16.7. The zero-order valence-electron chi connectivity index (χ0n) is 42.7. The monoisotopic (exact) mass is 1050 g/mol. The van der Waals surface area contributed by atoms with Gasteiger partial charge < -0.3 is 85.8 Å². The molecule has 14 N–H and O–H groups in total. The van der Waals surface area contributed by atoms with Crippen LogP contribution in [0.4, 0.5) is 0 Å². The molecule has 1 unspecified atom stereocenters. The number of carbonyl (C=O) groups excluding carboxylic acids is 2. The number of ether oxygens (including phenoxy) is 4. The third kappa shape index (κ3) is 21.2. The molecule has 0 aliphatic carbocycles. The number of aromatic amines is 1. The summed E-state index contributed by atoms with van der Waals surface area (Å²) in [5, 5.41) is 120. The molecule has 2 fully saturated rings. The van der Waals surface area contributed by atoms with Crippen molar-refractivity contribution in [2.45, 2.75) is 202 Å². The van der Waals surface area contributed by atoms with Gasteiger partial charge in [0, 0.05) is 50.1 Å². The number of H-pyrrole nitrogens is 1. The average Bonchev–Trinajstić information content (AvgIpc) is 3.86. The minimum Gasteiger partial charge on any atom is -0.462 e. The van der Waals surface area contributed by atoms with Gasteiger partial charge in [-0.2, -0.15) is 0 Å². The maximum absolute atomic E-state index is 14.0. The third-order valence-corrected chi connectivity index (χ3v) is 13.8. The number of aliphatic hydroxyl groups is 11. The van der Waals surface area contributed by atoms with Gasteiger partial charge in [0.1, 0.15) is 24.1 Å². The van der Waals surface area contributed by atoms with E-state index in [1.54, 1.807) is 87.1 Å². The molecular weight excluding hydrogens is 963 g/mol. The summed E-state index contributed by atoms with van der Waals surface area (Å²) in [5.74, 6) is -5.34. The van der Waals surface area contributed by atoms with Gasteiger partial charge in [-0.05, 0) is 45.4 Å². The molecule has 4 rings (SSSR count). The lowest BCUT2D eigenvalue weighted by molar-refractivity contribution is -0.331. The van der Waals surface area contributed by atoms with Crippen molar-refractivity contribution in [1.82, 2.24) is 9.97 Å². The first-order chi connectivity index (χ1) is 35.2. The van der Waals surface area contributed by atoms with Gasteiger partial charge in [0.05, 0.1) is 85.3 Å². The number of fused-ring (bicyclic) bond motifs is 2. The van der Waals surface area contributed by atoms with E-state index in [-0.39, 0.29) is 43.8 Å². The fourth-order valence-corrected chi connectivity index (χ4v) is 9.25. The number of Topliss-reactive ketones (excluding diaryl/α,β-unsaturated/α-hetero) is 1. The van der Waals surface area contributed by atoms with Crippen molar-refractivity contribution in [2.75, 3.05) is 0 Å². The minimum absolute atomic E-state index is 0.0509. The summed E-state index contributed by atoms with van der Waals surface area (Å²) < 4.78 is 23.3. The topological polar surface area (TPSA) is 348 Å². The number of unbranched alkanes of at least 4 members (excludes halogenated alkanes) is 2. The molecule has 0 radical (unpaired) electrons. The lowest BCUT2D eigenvalue weighted by Crippen LogP contribution is -2.62. The Morgan fingerprint density at radius 2 is 1.36 bits per heavy atom. The first-order valence-corrected chi connectivity index (χ1v) is 25.8.